The van der Waals surface area contributed by atoms with E-state index in [0.29, 0.717) is 9.80 Å². The summed E-state index contributed by atoms with van der Waals surface area (Å²) in [6.45, 7) is -4.82. The molecule has 0 unspecified atom stereocenters. The van der Waals surface area contributed by atoms with E-state index in [1.807, 2.05) is 10.6 Å². The normalized spacial score (nSPS) is 12.0. The summed E-state index contributed by atoms with van der Waals surface area (Å²) >= 11 is 0. The first-order valence-corrected chi connectivity index (χ1v) is 19.9. The fourth-order valence-corrected chi connectivity index (χ4v) is 6.12. The maximum Gasteiger partial charge on any atom is 0.326 e. The molecule has 1 radical (unpaired) electrons. The van der Waals surface area contributed by atoms with Gasteiger partial charge in [0.2, 0.25) is 17.7 Å². The van der Waals surface area contributed by atoms with Crippen molar-refractivity contribution in [2.24, 2.45) is 0 Å². The van der Waals surface area contributed by atoms with Crippen molar-refractivity contribution in [2.45, 2.75) is 89.3 Å². The van der Waals surface area contributed by atoms with Gasteiger partial charge in [-0.3, -0.25) is 43.3 Å². The van der Waals surface area contributed by atoms with E-state index in [-0.39, 0.29) is 71.0 Å². The molecule has 0 aliphatic carbocycles. The maximum absolute atomic E-state index is 13.0. The Bertz CT molecular complexity index is 2020. The van der Waals surface area contributed by atoms with Crippen LogP contribution in [0.3, 0.4) is 0 Å². The van der Waals surface area contributed by atoms with Crippen molar-refractivity contribution in [3.63, 3.8) is 0 Å². The van der Waals surface area contributed by atoms with Gasteiger partial charge in [0.1, 0.15) is 69.0 Å². The molecule has 0 saturated carbocycles. The topological polar surface area (TPSA) is 448 Å². The predicted molar refractivity (Wildman–Crippen MR) is 216 cm³/mol. The Hall–Kier alpha value is -7.52. The van der Waals surface area contributed by atoms with Crippen molar-refractivity contribution in [2.75, 3.05) is 32.7 Å². The van der Waals surface area contributed by atoms with Crippen LogP contribution in [0.4, 0.5) is 4.79 Å². The molecule has 2 heterocycles. The summed E-state index contributed by atoms with van der Waals surface area (Å²) in [6.07, 6.45) is 3.15. The molecule has 0 saturated heterocycles. The second-order valence-corrected chi connectivity index (χ2v) is 14.6. The molecular weight excluding hydrogens is 1090 g/mol. The molecule has 31 heteroatoms. The summed E-state index contributed by atoms with van der Waals surface area (Å²) < 4.78 is 2.64. The third-order valence-electron chi connectivity index (χ3n) is 9.32. The van der Waals surface area contributed by atoms with Gasteiger partial charge in [-0.05, 0) is 38.6 Å². The van der Waals surface area contributed by atoms with Gasteiger partial charge in [0.25, 0.3) is 0 Å². The fourth-order valence-electron chi connectivity index (χ4n) is 6.12. The molecular formula is C37H50N10O20Re. The molecule has 5 amide bonds. The number of unbranched alkanes of at least 4 members (excludes halogenated alkanes) is 1. The number of nitrogens with one attached hydrogen (secondary N) is 3. The van der Waals surface area contributed by atoms with Gasteiger partial charge in [0, 0.05) is 58.1 Å². The van der Waals surface area contributed by atoms with E-state index in [0.717, 1.165) is 0 Å². The SMILES string of the molecule is O=C(O)CC[C@H](NC(=O)N[C@@H](CCC(=O)N[C@@H](CCCCN(Cc1nccn1CC(=O)N(CC(=O)O)CC(=O)O)Cc1nccn1CC(=O)N(CC(=O)O)CC(=O)O)C(=O)O)C(=O)O)C(=O)O.[Re]. The Balaban J connectivity index is 0.0000231. The van der Waals surface area contributed by atoms with Gasteiger partial charge in [-0.25, -0.2) is 29.1 Å². The number of rotatable bonds is 33. The Morgan fingerprint density at radius 1 is 0.515 bits per heavy atom. The first kappa shape index (κ1) is 58.5. The molecule has 0 spiro atoms. The van der Waals surface area contributed by atoms with Crippen LogP contribution in [0.5, 0.6) is 0 Å². The fraction of sp³-hybridized carbons (Fsp3) is 0.514. The van der Waals surface area contributed by atoms with Crippen LogP contribution in [0.25, 0.3) is 0 Å². The van der Waals surface area contributed by atoms with Crippen molar-refractivity contribution in [1.29, 1.82) is 0 Å². The number of urea groups is 1. The minimum atomic E-state index is -1.75. The minimum absolute atomic E-state index is 0. The van der Waals surface area contributed by atoms with Crippen LogP contribution in [0.1, 0.15) is 56.6 Å². The number of carboxylic acid groups (broad SMARTS) is 8. The van der Waals surface area contributed by atoms with Crippen molar-refractivity contribution in [3.05, 3.63) is 36.4 Å². The Morgan fingerprint density at radius 3 is 1.26 bits per heavy atom. The summed E-state index contributed by atoms with van der Waals surface area (Å²) in [6, 6.07) is -6.22. The Labute approximate surface area is 397 Å². The number of carbonyl (C=O) groups excluding carboxylic acids is 4. The third-order valence-corrected chi connectivity index (χ3v) is 9.32. The summed E-state index contributed by atoms with van der Waals surface area (Å²) in [5.41, 5.74) is 0. The average molecular weight is 1140 g/mol. The number of imidazole rings is 2. The van der Waals surface area contributed by atoms with Gasteiger partial charge >= 0.3 is 53.8 Å². The second-order valence-electron chi connectivity index (χ2n) is 14.6. The maximum atomic E-state index is 13.0. The predicted octanol–water partition coefficient (Wildman–Crippen LogP) is -3.33. The monoisotopic (exact) mass is 1140 g/mol. The zero-order chi connectivity index (χ0) is 50.4. The number of nitrogens with zero attached hydrogens (tertiary/aromatic N) is 7. The van der Waals surface area contributed by atoms with Crippen LogP contribution in [-0.2, 0) is 99.3 Å². The molecule has 30 nitrogen and oxygen atoms in total. The summed E-state index contributed by atoms with van der Waals surface area (Å²) in [5, 5.41) is 80.4. The number of carboxylic acids is 8. The van der Waals surface area contributed by atoms with Gasteiger partial charge in [0.05, 0.1) is 13.1 Å². The van der Waals surface area contributed by atoms with E-state index in [4.69, 9.17) is 5.11 Å². The smallest absolute Gasteiger partial charge is 0.326 e. The largest absolute Gasteiger partial charge is 0.481 e. The molecule has 0 bridgehead atoms. The van der Waals surface area contributed by atoms with Crippen molar-refractivity contribution in [1.82, 2.24) is 49.8 Å². The molecule has 2 aromatic rings. The first-order valence-electron chi connectivity index (χ1n) is 19.9. The molecule has 11 N–H and O–H groups in total. The van der Waals surface area contributed by atoms with E-state index in [2.05, 4.69) is 15.3 Å². The minimum Gasteiger partial charge on any atom is -0.481 e. The molecule has 0 aromatic carbocycles. The van der Waals surface area contributed by atoms with E-state index in [1.165, 1.54) is 33.9 Å². The molecule has 2 aromatic heterocycles. The van der Waals surface area contributed by atoms with Gasteiger partial charge in [-0.2, -0.15) is 0 Å². The number of hydrogen-bond donors (Lipinski definition) is 11. The third kappa shape index (κ3) is 22.1. The Morgan fingerprint density at radius 2 is 0.897 bits per heavy atom. The summed E-state index contributed by atoms with van der Waals surface area (Å²) in [4.78, 5) is 154. The summed E-state index contributed by atoms with van der Waals surface area (Å²) in [5.74, 6) is -14.2. The molecule has 0 fully saturated rings. The zero-order valence-corrected chi connectivity index (χ0v) is 38.6. The van der Waals surface area contributed by atoms with Gasteiger partial charge in [-0.1, -0.05) is 0 Å². The molecule has 375 valence electrons. The van der Waals surface area contributed by atoms with Crippen LogP contribution >= 0.6 is 0 Å². The molecule has 0 aliphatic rings. The molecule has 2 rings (SSSR count). The van der Waals surface area contributed by atoms with Gasteiger partial charge in [0.15, 0.2) is 0 Å². The van der Waals surface area contributed by atoms with E-state index >= 15 is 0 Å². The number of aliphatic carboxylic acids is 8. The number of hydrogen-bond acceptors (Lipinski definition) is 15. The molecule has 0 aliphatic heterocycles. The summed E-state index contributed by atoms with van der Waals surface area (Å²) in [7, 11) is 0. The van der Waals surface area contributed by atoms with Crippen LogP contribution in [-0.4, -0.2) is 197 Å². The van der Waals surface area contributed by atoms with Crippen LogP contribution < -0.4 is 16.0 Å². The molecule has 68 heavy (non-hydrogen) atoms. The van der Waals surface area contributed by atoms with Gasteiger partial charge in [-0.15, -0.1) is 0 Å². The first-order chi connectivity index (χ1) is 31.4. The standard InChI is InChI=1S/C37H50N10O20.Re/c48-26(6-4-22(35(63)64)41-37(67)42-23(36(65)66)5-7-29(51)52)40-21(34(61)62)3-1-2-10-43(13-24-38-8-11-44(24)15-27(49)46(17-30(53)54)18-31(55)56)14-25-39-9-12-45(25)16-28(50)47(19-32(57)58)20-33(59)60;/h8-9,11-12,21-23H,1-7,10,13-20H2,(H,40,48)(H,51,52)(H,53,54)(H,55,56)(H,57,58)(H,59,60)(H,61,62)(H,63,64)(H,65,66)(H2,41,42,67);/t21-,22-,23-;/m0./s1. The number of carbonyl (C=O) groups is 12. The van der Waals surface area contributed by atoms with Crippen LogP contribution in [0.2, 0.25) is 0 Å². The van der Waals surface area contributed by atoms with E-state index < -0.39 is 155 Å². The molecule has 3 atom stereocenters. The second kappa shape index (κ2) is 29.2. The van der Waals surface area contributed by atoms with Crippen LogP contribution in [0.15, 0.2) is 24.8 Å². The quantitative estimate of drug-likeness (QED) is 0.0311. The van der Waals surface area contributed by atoms with Crippen molar-refractivity contribution in [3.8, 4) is 0 Å². The van der Waals surface area contributed by atoms with Gasteiger partial charge < -0.3 is 75.7 Å². The number of amides is 5. The zero-order valence-electron chi connectivity index (χ0n) is 35.8. The van der Waals surface area contributed by atoms with Crippen molar-refractivity contribution < 1.29 is 119 Å². The average Bonchev–Trinajstić information content (AvgIpc) is 3.85. The Kier molecular flexibility index (Phi) is 25.1. The van der Waals surface area contributed by atoms with Crippen LogP contribution in [0, 0.1) is 0 Å². The van der Waals surface area contributed by atoms with E-state index in [9.17, 15) is 93.3 Å². The number of aromatic nitrogens is 4. The van der Waals surface area contributed by atoms with Crippen molar-refractivity contribution >= 4 is 71.5 Å². The van der Waals surface area contributed by atoms with E-state index in [1.54, 1.807) is 4.90 Å².